The lowest BCUT2D eigenvalue weighted by Gasteiger charge is -2.22. The second-order valence-corrected chi connectivity index (χ2v) is 12.9. The van der Waals surface area contributed by atoms with E-state index >= 15 is 0 Å². The minimum Gasteiger partial charge on any atom is -0.506 e. The Morgan fingerprint density at radius 2 is 1.43 bits per heavy atom. The van der Waals surface area contributed by atoms with Crippen molar-refractivity contribution in [3.8, 4) is 28.2 Å². The summed E-state index contributed by atoms with van der Waals surface area (Å²) in [6.07, 6.45) is 3.36. The molecule has 0 atom stereocenters. The molecule has 6 aromatic rings. The molecule has 0 fully saturated rings. The number of carbonyl (C=O) groups excluding carboxylic acids is 1. The summed E-state index contributed by atoms with van der Waals surface area (Å²) < 4.78 is 11.6. The van der Waals surface area contributed by atoms with Crippen LogP contribution in [0.5, 0.6) is 5.75 Å². The fraction of sp³-hybridized carbons (Fsp3) is 0.0714. The van der Waals surface area contributed by atoms with Crippen LogP contribution in [0.25, 0.3) is 55.2 Å². The number of para-hydroxylation sites is 2. The number of rotatable bonds is 9. The molecule has 0 saturated heterocycles. The molecule has 1 aliphatic heterocycles. The SMILES string of the molecule is COC(=O)c1ccc(C(=O)O)c(-c2c3ccc(=O)c(CNc4cccc5cccnc45)c-3oc3c(CNc4cccc5cccnc45)c(O)c(Cl)cc23)c1. The zero-order chi connectivity index (χ0) is 37.5. The molecular formula is C42H29ClN4O7. The predicted octanol–water partition coefficient (Wildman–Crippen LogP) is 8.73. The van der Waals surface area contributed by atoms with E-state index in [0.717, 1.165) is 10.8 Å². The zero-order valence-corrected chi connectivity index (χ0v) is 29.3. The average Bonchev–Trinajstić information content (AvgIpc) is 3.19. The van der Waals surface area contributed by atoms with Crippen LogP contribution in [0.4, 0.5) is 11.4 Å². The quantitative estimate of drug-likeness (QED) is 0.0827. The monoisotopic (exact) mass is 736 g/mol. The van der Waals surface area contributed by atoms with E-state index < -0.39 is 11.9 Å². The lowest BCUT2D eigenvalue weighted by Crippen LogP contribution is -2.15. The van der Waals surface area contributed by atoms with Crippen LogP contribution < -0.4 is 16.1 Å². The van der Waals surface area contributed by atoms with Crippen LogP contribution in [-0.2, 0) is 17.8 Å². The van der Waals surface area contributed by atoms with Gasteiger partial charge in [0.25, 0.3) is 0 Å². The number of carboxylic acids is 1. The van der Waals surface area contributed by atoms with E-state index in [9.17, 15) is 24.6 Å². The summed E-state index contributed by atoms with van der Waals surface area (Å²) in [6, 6.07) is 27.4. The van der Waals surface area contributed by atoms with Crippen molar-refractivity contribution < 1.29 is 29.0 Å². The molecule has 12 heteroatoms. The maximum Gasteiger partial charge on any atom is 0.337 e. The van der Waals surface area contributed by atoms with Gasteiger partial charge < -0.3 is 30.0 Å². The van der Waals surface area contributed by atoms with Gasteiger partial charge in [0.2, 0.25) is 0 Å². The van der Waals surface area contributed by atoms with Crippen molar-refractivity contribution >= 4 is 67.7 Å². The van der Waals surface area contributed by atoms with Crippen molar-refractivity contribution in [1.82, 2.24) is 9.97 Å². The number of nitrogens with zero attached hydrogens (tertiary/aromatic N) is 2. The second kappa shape index (κ2) is 13.9. The Balaban J connectivity index is 1.39. The first-order valence-corrected chi connectivity index (χ1v) is 17.1. The molecule has 1 aliphatic carbocycles. The van der Waals surface area contributed by atoms with Gasteiger partial charge in [-0.05, 0) is 66.2 Å². The molecule has 4 N–H and O–H groups in total. The molecule has 54 heavy (non-hydrogen) atoms. The molecule has 0 unspecified atom stereocenters. The Morgan fingerprint density at radius 3 is 2.06 bits per heavy atom. The smallest absolute Gasteiger partial charge is 0.337 e. The molecule has 0 radical (unpaired) electrons. The maximum atomic E-state index is 13.7. The van der Waals surface area contributed by atoms with Crippen LogP contribution in [0.1, 0.15) is 31.8 Å². The number of carbonyl (C=O) groups is 2. The van der Waals surface area contributed by atoms with E-state index in [0.29, 0.717) is 38.9 Å². The fourth-order valence-corrected chi connectivity index (χ4v) is 7.04. The summed E-state index contributed by atoms with van der Waals surface area (Å²) in [5.74, 6) is -2.08. The number of ether oxygens (including phenoxy) is 1. The van der Waals surface area contributed by atoms with E-state index in [1.807, 2.05) is 60.7 Å². The number of hydrogen-bond donors (Lipinski definition) is 4. The highest BCUT2D eigenvalue weighted by Gasteiger charge is 2.28. The van der Waals surface area contributed by atoms with Gasteiger partial charge in [-0.15, -0.1) is 0 Å². The van der Waals surface area contributed by atoms with Gasteiger partial charge in [0.15, 0.2) is 5.43 Å². The molecule has 0 spiro atoms. The lowest BCUT2D eigenvalue weighted by molar-refractivity contribution is 0.0598. The first kappa shape index (κ1) is 34.1. The first-order valence-electron chi connectivity index (χ1n) is 16.8. The normalized spacial score (nSPS) is 11.3. The second-order valence-electron chi connectivity index (χ2n) is 12.5. The maximum absolute atomic E-state index is 13.7. The lowest BCUT2D eigenvalue weighted by atomic mass is 9.87. The van der Waals surface area contributed by atoms with Crippen molar-refractivity contribution in [2.24, 2.45) is 0 Å². The van der Waals surface area contributed by atoms with Gasteiger partial charge in [-0.1, -0.05) is 48.0 Å². The molecular weight excluding hydrogens is 708 g/mol. The summed E-state index contributed by atoms with van der Waals surface area (Å²) in [6.45, 7) is -0.00351. The van der Waals surface area contributed by atoms with Crippen molar-refractivity contribution in [1.29, 1.82) is 0 Å². The summed E-state index contributed by atoms with van der Waals surface area (Å²) >= 11 is 6.72. The number of aromatic hydroxyl groups is 1. The van der Waals surface area contributed by atoms with Crippen molar-refractivity contribution in [2.75, 3.05) is 17.7 Å². The standard InChI is InChI=1S/C42H29ClN4O7/c1-53-42(52)24-12-13-25(41(50)51)27(18-24)35-26-14-15-34(48)29(20-46-32-10-2-6-22-8-4-16-44-36(22)32)39(26)54-40-28(35)19-31(43)38(49)30(40)21-47-33-11-3-7-23-9-5-17-45-37(23)33/h2-19,46-47,49H,20-21H2,1H3,(H,50,51). The average molecular weight is 737 g/mol. The number of pyridine rings is 2. The summed E-state index contributed by atoms with van der Waals surface area (Å²) in [5, 5.41) is 30.7. The van der Waals surface area contributed by atoms with E-state index in [1.54, 1.807) is 18.5 Å². The highest BCUT2D eigenvalue weighted by molar-refractivity contribution is 6.33. The number of aromatic carboxylic acids is 1. The van der Waals surface area contributed by atoms with Crippen LogP contribution >= 0.6 is 11.6 Å². The van der Waals surface area contributed by atoms with E-state index in [4.69, 9.17) is 20.8 Å². The number of nitrogens with one attached hydrogen (secondary N) is 2. The zero-order valence-electron chi connectivity index (χ0n) is 28.5. The molecule has 2 aromatic heterocycles. The Hall–Kier alpha value is -6.98. The molecule has 0 bridgehead atoms. The molecule has 3 heterocycles. The van der Waals surface area contributed by atoms with Crippen LogP contribution in [-0.4, -0.2) is 39.2 Å². The number of fused-ring (bicyclic) bond motifs is 4. The fourth-order valence-electron chi connectivity index (χ4n) is 6.81. The number of hydrogen-bond acceptors (Lipinski definition) is 10. The van der Waals surface area contributed by atoms with Gasteiger partial charge in [-0.2, -0.15) is 0 Å². The summed E-state index contributed by atoms with van der Waals surface area (Å²) in [7, 11) is 1.23. The van der Waals surface area contributed by atoms with E-state index in [-0.39, 0.29) is 68.5 Å². The van der Waals surface area contributed by atoms with Crippen LogP contribution in [0.2, 0.25) is 5.02 Å². The Morgan fingerprint density at radius 1 is 0.796 bits per heavy atom. The van der Waals surface area contributed by atoms with Gasteiger partial charge in [0.05, 0.1) is 56.8 Å². The Labute approximate surface area is 311 Å². The number of aromatic nitrogens is 2. The largest absolute Gasteiger partial charge is 0.506 e. The molecule has 266 valence electrons. The highest BCUT2D eigenvalue weighted by atomic mass is 35.5. The minimum absolute atomic E-state index is 0.00310. The topological polar surface area (TPSA) is 164 Å². The molecule has 0 saturated carbocycles. The number of phenols is 1. The molecule has 11 nitrogen and oxygen atoms in total. The van der Waals surface area contributed by atoms with Crippen molar-refractivity contribution in [3.05, 3.63) is 147 Å². The number of esters is 1. The molecule has 4 aromatic carbocycles. The number of methoxy groups -OCH3 is 1. The highest BCUT2D eigenvalue weighted by Crippen LogP contribution is 2.47. The van der Waals surface area contributed by atoms with E-state index in [2.05, 4.69) is 20.6 Å². The minimum atomic E-state index is -1.26. The van der Waals surface area contributed by atoms with Crippen LogP contribution in [0.15, 0.2) is 119 Å². The third-order valence-corrected chi connectivity index (χ3v) is 9.67. The van der Waals surface area contributed by atoms with Gasteiger partial charge in [0, 0.05) is 52.8 Å². The Kier molecular flexibility index (Phi) is 8.76. The third kappa shape index (κ3) is 5.96. The number of halogens is 1. The van der Waals surface area contributed by atoms with Gasteiger partial charge in [-0.3, -0.25) is 14.8 Å². The number of benzene rings is 5. The first-order chi connectivity index (χ1) is 26.2. The predicted molar refractivity (Wildman–Crippen MR) is 208 cm³/mol. The van der Waals surface area contributed by atoms with Crippen LogP contribution in [0, 0.1) is 0 Å². The van der Waals surface area contributed by atoms with Gasteiger partial charge >= 0.3 is 11.9 Å². The number of phenolic OH excluding ortho intramolecular Hbond substituents is 1. The third-order valence-electron chi connectivity index (χ3n) is 9.38. The van der Waals surface area contributed by atoms with Crippen molar-refractivity contribution in [2.45, 2.75) is 13.1 Å². The Bertz CT molecular complexity index is 2830. The number of anilines is 2. The van der Waals surface area contributed by atoms with Crippen LogP contribution in [0.3, 0.4) is 0 Å². The summed E-state index contributed by atoms with van der Waals surface area (Å²) in [5.41, 5.74) is 3.83. The van der Waals surface area contributed by atoms with Gasteiger partial charge in [-0.25, -0.2) is 9.59 Å². The van der Waals surface area contributed by atoms with Gasteiger partial charge in [0.1, 0.15) is 17.1 Å². The summed E-state index contributed by atoms with van der Waals surface area (Å²) in [4.78, 5) is 48.3. The number of carboxylic acid groups (broad SMARTS) is 1. The van der Waals surface area contributed by atoms with E-state index in [1.165, 1.54) is 37.4 Å². The molecule has 0 amide bonds. The molecule has 2 aliphatic rings. The van der Waals surface area contributed by atoms with Crippen molar-refractivity contribution in [3.63, 3.8) is 0 Å². The molecule has 8 rings (SSSR count).